The number of carbonyl (C=O) groups excluding carboxylic acids is 1. The fourth-order valence-corrected chi connectivity index (χ4v) is 4.55. The number of aryl methyl sites for hydroxylation is 1. The lowest BCUT2D eigenvalue weighted by Gasteiger charge is -2.37. The molecule has 2 aromatic rings. The molecule has 3 heterocycles. The minimum absolute atomic E-state index is 0.232. The van der Waals surface area contributed by atoms with Crippen molar-refractivity contribution in [1.82, 2.24) is 14.5 Å². The molecule has 2 aliphatic heterocycles. The van der Waals surface area contributed by atoms with Crippen LogP contribution in [-0.2, 0) is 27.2 Å². The van der Waals surface area contributed by atoms with Gasteiger partial charge in [0.2, 0.25) is 0 Å². The molecule has 35 heavy (non-hydrogen) atoms. The van der Waals surface area contributed by atoms with Gasteiger partial charge in [-0.05, 0) is 54.0 Å². The Balaban J connectivity index is 0.00000167. The second kappa shape index (κ2) is 10.3. The van der Waals surface area contributed by atoms with Gasteiger partial charge in [-0.2, -0.15) is 0 Å². The van der Waals surface area contributed by atoms with Crippen molar-refractivity contribution in [2.45, 2.75) is 98.8 Å². The molecule has 0 radical (unpaired) electrons. The fourth-order valence-electron chi connectivity index (χ4n) is 4.55. The van der Waals surface area contributed by atoms with E-state index in [2.05, 4.69) is 4.57 Å². The van der Waals surface area contributed by atoms with Crippen LogP contribution in [0.25, 0.3) is 0 Å². The Labute approximate surface area is 208 Å². The quantitative estimate of drug-likeness (QED) is 0.553. The van der Waals surface area contributed by atoms with Gasteiger partial charge in [-0.15, -0.1) is 0 Å². The van der Waals surface area contributed by atoms with Gasteiger partial charge in [-0.25, -0.2) is 14.2 Å². The summed E-state index contributed by atoms with van der Waals surface area (Å²) < 4.78 is 35.2. The van der Waals surface area contributed by atoms with Crippen LogP contribution in [0.2, 0.25) is 0 Å². The number of carbonyl (C=O) groups is 1. The molecule has 2 aliphatic rings. The molecule has 0 saturated carbocycles. The first kappa shape index (κ1) is 27.1. The molecule has 0 spiro atoms. The lowest BCUT2D eigenvalue weighted by molar-refractivity contribution is -0.138. The molecule has 4 rings (SSSR count). The molecular weight excluding hydrogens is 449 g/mol. The smallest absolute Gasteiger partial charge is 0.411 e. The van der Waals surface area contributed by atoms with Crippen molar-refractivity contribution in [2.24, 2.45) is 0 Å². The standard InChI is InChI=1S/C25H34FN3O4.C2H6/c1-15-16(2)28-11-12-29(23(30)33-24(3,4)5)21(22(28)27-15)19-10-8-9-17(20(19)26)13-18-14-31-25(6,7)32-18;1-2/h8-10,18,21H,11-14H2,1-7H3;1-2H3. The van der Waals surface area contributed by atoms with E-state index in [1.54, 1.807) is 17.0 Å². The highest BCUT2D eigenvalue weighted by Gasteiger charge is 2.39. The molecule has 1 aromatic heterocycles. The van der Waals surface area contributed by atoms with Crippen molar-refractivity contribution in [3.05, 3.63) is 52.4 Å². The SMILES string of the molecule is CC.Cc1nc2n(c1C)CCN(C(=O)OC(C)(C)C)C2c1cccc(CC2COC(C)(C)O2)c1F. The minimum atomic E-state index is -0.682. The first-order valence-electron chi connectivity index (χ1n) is 12.5. The largest absolute Gasteiger partial charge is 0.444 e. The average Bonchev–Trinajstić information content (AvgIpc) is 3.27. The number of imidazole rings is 1. The van der Waals surface area contributed by atoms with Crippen LogP contribution < -0.4 is 0 Å². The van der Waals surface area contributed by atoms with E-state index >= 15 is 4.39 Å². The van der Waals surface area contributed by atoms with E-state index < -0.39 is 23.5 Å². The van der Waals surface area contributed by atoms with E-state index in [-0.39, 0.29) is 11.9 Å². The Hall–Kier alpha value is -2.45. The molecule has 7 nitrogen and oxygen atoms in total. The van der Waals surface area contributed by atoms with Crippen molar-refractivity contribution >= 4 is 6.09 Å². The van der Waals surface area contributed by atoms with Crippen LogP contribution in [0.3, 0.4) is 0 Å². The molecular formula is C27H40FN3O4. The number of nitrogens with zero attached hydrogens (tertiary/aromatic N) is 3. The van der Waals surface area contributed by atoms with Crippen LogP contribution in [0, 0.1) is 19.7 Å². The highest BCUT2D eigenvalue weighted by Crippen LogP contribution is 2.36. The summed E-state index contributed by atoms with van der Waals surface area (Å²) in [5.74, 6) is -0.369. The molecule has 1 amide bonds. The maximum absolute atomic E-state index is 16.0. The zero-order valence-corrected chi connectivity index (χ0v) is 22.6. The molecule has 1 saturated heterocycles. The van der Waals surface area contributed by atoms with Crippen LogP contribution in [-0.4, -0.2) is 51.2 Å². The highest BCUT2D eigenvalue weighted by molar-refractivity contribution is 5.70. The van der Waals surface area contributed by atoms with Gasteiger partial charge in [0, 0.05) is 30.8 Å². The molecule has 2 unspecified atom stereocenters. The summed E-state index contributed by atoms with van der Waals surface area (Å²) in [5.41, 5.74) is 2.17. The predicted octanol–water partition coefficient (Wildman–Crippen LogP) is 5.70. The third-order valence-electron chi connectivity index (χ3n) is 6.15. The zero-order valence-electron chi connectivity index (χ0n) is 22.6. The number of ether oxygens (including phenoxy) is 3. The summed E-state index contributed by atoms with van der Waals surface area (Å²) in [6, 6.07) is 4.63. The van der Waals surface area contributed by atoms with E-state index in [0.717, 1.165) is 11.4 Å². The lowest BCUT2D eigenvalue weighted by Crippen LogP contribution is -2.45. The summed E-state index contributed by atoms with van der Waals surface area (Å²) in [6.45, 7) is 18.5. The van der Waals surface area contributed by atoms with Crippen LogP contribution >= 0.6 is 0 Å². The van der Waals surface area contributed by atoms with Crippen molar-refractivity contribution in [1.29, 1.82) is 0 Å². The van der Waals surface area contributed by atoms with Crippen LogP contribution in [0.15, 0.2) is 18.2 Å². The maximum Gasteiger partial charge on any atom is 0.411 e. The molecule has 1 aromatic carbocycles. The lowest BCUT2D eigenvalue weighted by atomic mass is 9.97. The van der Waals surface area contributed by atoms with Crippen molar-refractivity contribution < 1.29 is 23.4 Å². The van der Waals surface area contributed by atoms with Gasteiger partial charge in [0.15, 0.2) is 5.79 Å². The number of halogens is 1. The number of fused-ring (bicyclic) bond motifs is 1. The summed E-state index contributed by atoms with van der Waals surface area (Å²) >= 11 is 0. The van der Waals surface area contributed by atoms with Gasteiger partial charge in [0.25, 0.3) is 0 Å². The summed E-state index contributed by atoms with van der Waals surface area (Å²) in [6.07, 6.45) is -0.324. The fraction of sp³-hybridized carbons (Fsp3) is 0.630. The van der Waals surface area contributed by atoms with Crippen molar-refractivity contribution in [2.75, 3.05) is 13.2 Å². The molecule has 2 atom stereocenters. The first-order chi connectivity index (χ1) is 16.4. The van der Waals surface area contributed by atoms with Gasteiger partial charge >= 0.3 is 6.09 Å². The summed E-state index contributed by atoms with van der Waals surface area (Å²) in [7, 11) is 0. The van der Waals surface area contributed by atoms with Crippen LogP contribution in [0.1, 0.15) is 82.8 Å². The number of benzene rings is 1. The van der Waals surface area contributed by atoms with Crippen LogP contribution in [0.4, 0.5) is 9.18 Å². The molecule has 0 N–H and O–H groups in total. The Bertz CT molecular complexity index is 1060. The first-order valence-corrected chi connectivity index (χ1v) is 12.5. The molecule has 0 aliphatic carbocycles. The van der Waals surface area contributed by atoms with Crippen molar-refractivity contribution in [3.8, 4) is 0 Å². The van der Waals surface area contributed by atoms with Gasteiger partial charge in [0.05, 0.1) is 18.4 Å². The van der Waals surface area contributed by atoms with E-state index in [0.29, 0.717) is 43.1 Å². The van der Waals surface area contributed by atoms with E-state index in [4.69, 9.17) is 19.2 Å². The number of rotatable bonds is 3. The molecule has 194 valence electrons. The molecule has 0 bridgehead atoms. The maximum atomic E-state index is 16.0. The zero-order chi connectivity index (χ0) is 26.1. The van der Waals surface area contributed by atoms with E-state index in [1.165, 1.54) is 0 Å². The van der Waals surface area contributed by atoms with E-state index in [9.17, 15) is 4.79 Å². The number of aromatic nitrogens is 2. The van der Waals surface area contributed by atoms with Crippen LogP contribution in [0.5, 0.6) is 0 Å². The Morgan fingerprint density at radius 1 is 1.23 bits per heavy atom. The normalized spacial score (nSPS) is 21.3. The van der Waals surface area contributed by atoms with Gasteiger partial charge < -0.3 is 18.8 Å². The Kier molecular flexibility index (Phi) is 7.96. The topological polar surface area (TPSA) is 65.8 Å². The highest BCUT2D eigenvalue weighted by atomic mass is 19.1. The van der Waals surface area contributed by atoms with Crippen molar-refractivity contribution in [3.63, 3.8) is 0 Å². The summed E-state index contributed by atoms with van der Waals surface area (Å²) in [5, 5.41) is 0. The molecule has 1 fully saturated rings. The number of amides is 1. The monoisotopic (exact) mass is 489 g/mol. The minimum Gasteiger partial charge on any atom is -0.444 e. The van der Waals surface area contributed by atoms with E-state index in [1.807, 2.05) is 68.4 Å². The Morgan fingerprint density at radius 2 is 1.91 bits per heavy atom. The average molecular weight is 490 g/mol. The second-order valence-electron chi connectivity index (χ2n) is 10.3. The predicted molar refractivity (Wildman–Crippen MR) is 133 cm³/mol. The third-order valence-corrected chi connectivity index (χ3v) is 6.15. The second-order valence-corrected chi connectivity index (χ2v) is 10.3. The van der Waals surface area contributed by atoms with Gasteiger partial charge in [0.1, 0.15) is 23.3 Å². The summed E-state index contributed by atoms with van der Waals surface area (Å²) in [4.78, 5) is 19.5. The number of hydrogen-bond donors (Lipinski definition) is 0. The van der Waals surface area contributed by atoms with Gasteiger partial charge in [-0.3, -0.25) is 4.90 Å². The Morgan fingerprint density at radius 3 is 2.51 bits per heavy atom. The van der Waals surface area contributed by atoms with Gasteiger partial charge in [-0.1, -0.05) is 32.0 Å². The third kappa shape index (κ3) is 5.86. The number of hydrogen-bond acceptors (Lipinski definition) is 5. The molecule has 8 heteroatoms.